The number of nitrogens with two attached hydrogens (primary N) is 1. The van der Waals surface area contributed by atoms with Gasteiger partial charge in [-0.25, -0.2) is 4.79 Å². The third kappa shape index (κ3) is 3.72. The van der Waals surface area contributed by atoms with E-state index < -0.39 is 17.8 Å². The number of hydrogen-bond donors (Lipinski definition) is 3. The molecule has 0 aliphatic heterocycles. The quantitative estimate of drug-likeness (QED) is 0.725. The number of carbonyl (C=O) groups is 3. The van der Waals surface area contributed by atoms with E-state index in [1.165, 1.54) is 25.6 Å². The molecule has 0 saturated carbocycles. The average molecular weight is 389 g/mol. The Morgan fingerprint density at radius 3 is 2.48 bits per heavy atom. The first kappa shape index (κ1) is 18.7. The maximum Gasteiger partial charge on any atom is 0.319 e. The number of methoxy groups -OCH3 is 2. The lowest BCUT2D eigenvalue weighted by Gasteiger charge is -2.11. The number of ether oxygens (including phenoxy) is 2. The van der Waals surface area contributed by atoms with Crippen LogP contribution in [0.5, 0.6) is 11.5 Å². The smallest absolute Gasteiger partial charge is 0.319 e. The SMILES string of the molecule is COc1ccc(C(=O)Nc2sc3c(c2C(=O)NC(N)=O)CCC3)cc1OC. The molecule has 1 aromatic heterocycles. The van der Waals surface area contributed by atoms with Crippen molar-refractivity contribution < 1.29 is 23.9 Å². The van der Waals surface area contributed by atoms with Gasteiger partial charge in [-0.15, -0.1) is 11.3 Å². The number of carbonyl (C=O) groups excluding carboxylic acids is 3. The molecule has 4 amide bonds. The fourth-order valence-electron chi connectivity index (χ4n) is 3.06. The summed E-state index contributed by atoms with van der Waals surface area (Å²) in [7, 11) is 2.99. The van der Waals surface area contributed by atoms with Crippen molar-refractivity contribution in [1.29, 1.82) is 0 Å². The van der Waals surface area contributed by atoms with E-state index in [-0.39, 0.29) is 0 Å². The van der Waals surface area contributed by atoms with Gasteiger partial charge < -0.3 is 20.5 Å². The Kier molecular flexibility index (Phi) is 5.31. The molecule has 9 heteroatoms. The molecular formula is C18H19N3O5S. The number of amides is 4. The Hall–Kier alpha value is -3.07. The molecule has 0 unspecified atom stereocenters. The predicted molar refractivity (Wildman–Crippen MR) is 101 cm³/mol. The first-order chi connectivity index (χ1) is 12.9. The Labute approximate surface area is 159 Å². The lowest BCUT2D eigenvalue weighted by Crippen LogP contribution is -2.35. The number of imide groups is 1. The molecule has 0 bridgehead atoms. The molecule has 0 atom stereocenters. The van der Waals surface area contributed by atoms with Crippen LogP contribution in [-0.2, 0) is 12.8 Å². The third-order valence-electron chi connectivity index (χ3n) is 4.26. The van der Waals surface area contributed by atoms with Crippen molar-refractivity contribution in [1.82, 2.24) is 5.32 Å². The highest BCUT2D eigenvalue weighted by atomic mass is 32.1. The van der Waals surface area contributed by atoms with Crippen LogP contribution in [0.2, 0.25) is 0 Å². The van der Waals surface area contributed by atoms with Gasteiger partial charge in [0.1, 0.15) is 5.00 Å². The van der Waals surface area contributed by atoms with Crippen LogP contribution in [0.15, 0.2) is 18.2 Å². The molecule has 1 aromatic carbocycles. The fourth-order valence-corrected chi connectivity index (χ4v) is 4.34. The third-order valence-corrected chi connectivity index (χ3v) is 5.47. The summed E-state index contributed by atoms with van der Waals surface area (Å²) in [6, 6.07) is 3.85. The average Bonchev–Trinajstić information content (AvgIpc) is 3.20. The summed E-state index contributed by atoms with van der Waals surface area (Å²) < 4.78 is 10.4. The maximum atomic E-state index is 12.7. The van der Waals surface area contributed by atoms with Crippen molar-refractivity contribution >= 4 is 34.2 Å². The number of aryl methyl sites for hydroxylation is 1. The fraction of sp³-hybridized carbons (Fsp3) is 0.278. The zero-order chi connectivity index (χ0) is 19.6. The number of primary amides is 1. The van der Waals surface area contributed by atoms with Gasteiger partial charge in [-0.1, -0.05) is 0 Å². The van der Waals surface area contributed by atoms with E-state index in [9.17, 15) is 14.4 Å². The molecule has 0 spiro atoms. The molecule has 142 valence electrons. The molecule has 8 nitrogen and oxygen atoms in total. The molecule has 4 N–H and O–H groups in total. The van der Waals surface area contributed by atoms with Crippen LogP contribution in [0, 0.1) is 0 Å². The van der Waals surface area contributed by atoms with Crippen LogP contribution in [-0.4, -0.2) is 32.1 Å². The lowest BCUT2D eigenvalue weighted by molar-refractivity contribution is 0.0966. The standard InChI is InChI=1S/C18H19N3O5S/c1-25-11-7-6-9(8-12(11)26-2)15(22)20-17-14(16(23)21-18(19)24)10-4-3-5-13(10)27-17/h6-8H,3-5H2,1-2H3,(H,20,22)(H3,19,21,23,24). The number of anilines is 1. The van der Waals surface area contributed by atoms with Gasteiger partial charge in [-0.2, -0.15) is 0 Å². The number of nitrogens with one attached hydrogen (secondary N) is 2. The van der Waals surface area contributed by atoms with E-state index in [1.54, 1.807) is 18.2 Å². The van der Waals surface area contributed by atoms with Gasteiger partial charge >= 0.3 is 6.03 Å². The number of fused-ring (bicyclic) bond motifs is 1. The van der Waals surface area contributed by atoms with E-state index in [0.29, 0.717) is 27.6 Å². The highest BCUT2D eigenvalue weighted by molar-refractivity contribution is 7.17. The van der Waals surface area contributed by atoms with Crippen molar-refractivity contribution in [2.75, 3.05) is 19.5 Å². The normalized spacial score (nSPS) is 12.2. The molecule has 0 radical (unpaired) electrons. The van der Waals surface area contributed by atoms with Gasteiger partial charge in [-0.3, -0.25) is 14.9 Å². The summed E-state index contributed by atoms with van der Waals surface area (Å²) in [6.07, 6.45) is 2.49. The molecule has 2 aromatic rings. The molecule has 0 saturated heterocycles. The molecule has 1 aliphatic rings. The zero-order valence-corrected chi connectivity index (χ0v) is 15.7. The topological polar surface area (TPSA) is 120 Å². The van der Waals surface area contributed by atoms with Gasteiger partial charge in [0.15, 0.2) is 11.5 Å². The van der Waals surface area contributed by atoms with Gasteiger partial charge in [0.25, 0.3) is 11.8 Å². The molecule has 27 heavy (non-hydrogen) atoms. The van der Waals surface area contributed by atoms with E-state index >= 15 is 0 Å². The minimum absolute atomic E-state index is 0.306. The van der Waals surface area contributed by atoms with Crippen LogP contribution in [0.1, 0.15) is 37.6 Å². The first-order valence-electron chi connectivity index (χ1n) is 8.23. The van der Waals surface area contributed by atoms with E-state index in [4.69, 9.17) is 15.2 Å². The molecular weight excluding hydrogens is 370 g/mol. The first-order valence-corrected chi connectivity index (χ1v) is 9.05. The number of urea groups is 1. The molecule has 1 heterocycles. The monoisotopic (exact) mass is 389 g/mol. The summed E-state index contributed by atoms with van der Waals surface area (Å²) in [5.74, 6) is -0.0790. The van der Waals surface area contributed by atoms with Gasteiger partial charge in [0.05, 0.1) is 19.8 Å². The van der Waals surface area contributed by atoms with Gasteiger partial charge in [0.2, 0.25) is 0 Å². The van der Waals surface area contributed by atoms with E-state index in [1.807, 2.05) is 0 Å². The molecule has 0 fully saturated rings. The summed E-state index contributed by atoms with van der Waals surface area (Å²) >= 11 is 1.34. The van der Waals surface area contributed by atoms with Crippen molar-refractivity contribution in [3.05, 3.63) is 39.8 Å². The van der Waals surface area contributed by atoms with Crippen molar-refractivity contribution in [3.8, 4) is 11.5 Å². The summed E-state index contributed by atoms with van der Waals surface area (Å²) in [5.41, 5.74) is 6.58. The number of hydrogen-bond acceptors (Lipinski definition) is 6. The Bertz CT molecular complexity index is 922. The van der Waals surface area contributed by atoms with Gasteiger partial charge in [-0.05, 0) is 43.0 Å². The largest absolute Gasteiger partial charge is 0.493 e. The Balaban J connectivity index is 1.90. The molecule has 1 aliphatic carbocycles. The van der Waals surface area contributed by atoms with Crippen LogP contribution >= 0.6 is 11.3 Å². The Morgan fingerprint density at radius 1 is 1.07 bits per heavy atom. The lowest BCUT2D eigenvalue weighted by atomic mass is 10.1. The zero-order valence-electron chi connectivity index (χ0n) is 14.9. The summed E-state index contributed by atoms with van der Waals surface area (Å²) in [6.45, 7) is 0. The van der Waals surface area contributed by atoms with E-state index in [0.717, 1.165) is 29.7 Å². The Morgan fingerprint density at radius 2 is 1.81 bits per heavy atom. The van der Waals surface area contributed by atoms with Crippen molar-refractivity contribution in [3.63, 3.8) is 0 Å². The van der Waals surface area contributed by atoms with Crippen LogP contribution < -0.4 is 25.8 Å². The highest BCUT2D eigenvalue weighted by Crippen LogP contribution is 2.39. The summed E-state index contributed by atoms with van der Waals surface area (Å²) in [4.78, 5) is 37.2. The molecule has 3 rings (SSSR count). The number of thiophene rings is 1. The second kappa shape index (κ2) is 7.67. The van der Waals surface area contributed by atoms with Crippen molar-refractivity contribution in [2.24, 2.45) is 5.73 Å². The summed E-state index contributed by atoms with van der Waals surface area (Å²) in [5, 5.41) is 5.25. The van der Waals surface area contributed by atoms with Gasteiger partial charge in [0, 0.05) is 10.4 Å². The highest BCUT2D eigenvalue weighted by Gasteiger charge is 2.28. The minimum Gasteiger partial charge on any atom is -0.493 e. The number of rotatable bonds is 5. The van der Waals surface area contributed by atoms with Crippen LogP contribution in [0.3, 0.4) is 0 Å². The maximum absolute atomic E-state index is 12.7. The second-order valence-corrected chi connectivity index (χ2v) is 7.01. The predicted octanol–water partition coefficient (Wildman–Crippen LogP) is 2.31. The second-order valence-electron chi connectivity index (χ2n) is 5.90. The number of benzene rings is 1. The minimum atomic E-state index is -0.935. The van der Waals surface area contributed by atoms with Crippen LogP contribution in [0.25, 0.3) is 0 Å². The van der Waals surface area contributed by atoms with Crippen LogP contribution in [0.4, 0.5) is 9.80 Å². The van der Waals surface area contributed by atoms with Crippen molar-refractivity contribution in [2.45, 2.75) is 19.3 Å². The van der Waals surface area contributed by atoms with E-state index in [2.05, 4.69) is 10.6 Å².